The lowest BCUT2D eigenvalue weighted by Gasteiger charge is -2.19. The number of furan rings is 1. The van der Waals surface area contributed by atoms with E-state index in [4.69, 9.17) is 9.15 Å². The molecule has 0 aliphatic heterocycles. The van der Waals surface area contributed by atoms with Crippen molar-refractivity contribution in [2.45, 2.75) is 6.92 Å². The van der Waals surface area contributed by atoms with Crippen LogP contribution in [0.3, 0.4) is 0 Å². The van der Waals surface area contributed by atoms with Crippen molar-refractivity contribution in [2.75, 3.05) is 33.9 Å². The molecule has 2 aromatic heterocycles. The van der Waals surface area contributed by atoms with E-state index >= 15 is 0 Å². The topological polar surface area (TPSA) is 81.9 Å². The number of nitrogens with zero attached hydrogens (tertiary/aromatic N) is 2. The summed E-state index contributed by atoms with van der Waals surface area (Å²) in [6, 6.07) is 3.64. The van der Waals surface area contributed by atoms with Gasteiger partial charge in [0.2, 0.25) is 0 Å². The zero-order valence-electron chi connectivity index (χ0n) is 13.2. The summed E-state index contributed by atoms with van der Waals surface area (Å²) in [4.78, 5) is 29.6. The average molecular weight is 338 g/mol. The van der Waals surface area contributed by atoms with Crippen LogP contribution in [0.4, 0.5) is 0 Å². The maximum atomic E-state index is 12.5. The van der Waals surface area contributed by atoms with Crippen molar-refractivity contribution in [3.63, 3.8) is 0 Å². The molecule has 23 heavy (non-hydrogen) atoms. The van der Waals surface area contributed by atoms with Gasteiger partial charge >= 0.3 is 5.97 Å². The molecule has 0 unspecified atom stereocenters. The smallest absolute Gasteiger partial charge is 0.325 e. The van der Waals surface area contributed by atoms with Gasteiger partial charge in [-0.25, -0.2) is 4.98 Å². The first kappa shape index (κ1) is 17.2. The molecule has 0 bridgehead atoms. The van der Waals surface area contributed by atoms with E-state index in [2.05, 4.69) is 9.72 Å². The van der Waals surface area contributed by atoms with E-state index in [1.807, 2.05) is 13.0 Å². The van der Waals surface area contributed by atoms with Crippen molar-refractivity contribution in [3.8, 4) is 10.8 Å². The standard InChI is InChI=1S/C15H18N2O5S/c1-10-4-5-12(22-10)14-16-11(9-23-14)15(19)17(6-7-20-2)8-13(18)21-3/h4-5,9H,6-8H2,1-3H3. The van der Waals surface area contributed by atoms with Gasteiger partial charge in [-0.1, -0.05) is 0 Å². The van der Waals surface area contributed by atoms with E-state index in [9.17, 15) is 9.59 Å². The Balaban J connectivity index is 2.15. The van der Waals surface area contributed by atoms with Crippen LogP contribution in [-0.4, -0.2) is 55.7 Å². The normalized spacial score (nSPS) is 10.6. The molecule has 0 aromatic carbocycles. The Kier molecular flexibility index (Phi) is 5.89. The summed E-state index contributed by atoms with van der Waals surface area (Å²) in [5.41, 5.74) is 0.263. The minimum atomic E-state index is -0.494. The molecule has 0 radical (unpaired) electrons. The Morgan fingerprint density at radius 2 is 2.13 bits per heavy atom. The first-order chi connectivity index (χ1) is 11.0. The minimum absolute atomic E-state index is 0.147. The summed E-state index contributed by atoms with van der Waals surface area (Å²) in [6.45, 7) is 2.28. The highest BCUT2D eigenvalue weighted by Gasteiger charge is 2.22. The molecular weight excluding hydrogens is 320 g/mol. The maximum absolute atomic E-state index is 12.5. The van der Waals surface area contributed by atoms with Gasteiger partial charge in [0.15, 0.2) is 10.8 Å². The molecule has 0 saturated carbocycles. The number of amides is 1. The van der Waals surface area contributed by atoms with Crippen molar-refractivity contribution >= 4 is 23.2 Å². The van der Waals surface area contributed by atoms with Crippen LogP contribution in [0.25, 0.3) is 10.8 Å². The third-order valence-corrected chi connectivity index (χ3v) is 3.93. The van der Waals surface area contributed by atoms with Crippen LogP contribution in [0.5, 0.6) is 0 Å². The number of carbonyl (C=O) groups excluding carboxylic acids is 2. The second kappa shape index (κ2) is 7.89. The lowest BCUT2D eigenvalue weighted by atomic mass is 10.3. The number of thiazole rings is 1. The molecule has 2 rings (SSSR count). The zero-order chi connectivity index (χ0) is 16.8. The number of methoxy groups -OCH3 is 2. The Morgan fingerprint density at radius 3 is 2.74 bits per heavy atom. The van der Waals surface area contributed by atoms with E-state index < -0.39 is 5.97 Å². The van der Waals surface area contributed by atoms with E-state index in [1.54, 1.807) is 11.4 Å². The molecule has 2 heterocycles. The molecule has 0 atom stereocenters. The summed E-state index contributed by atoms with van der Waals surface area (Å²) >= 11 is 1.31. The molecule has 1 amide bonds. The summed E-state index contributed by atoms with van der Waals surface area (Å²) in [5.74, 6) is 0.545. The van der Waals surface area contributed by atoms with Crippen molar-refractivity contribution in [1.29, 1.82) is 0 Å². The van der Waals surface area contributed by atoms with Crippen molar-refractivity contribution in [2.24, 2.45) is 0 Å². The van der Waals surface area contributed by atoms with Crippen LogP contribution in [-0.2, 0) is 14.3 Å². The molecule has 0 N–H and O–H groups in total. The summed E-state index contributed by atoms with van der Waals surface area (Å²) < 4.78 is 15.1. The number of hydrogen-bond donors (Lipinski definition) is 0. The largest absolute Gasteiger partial charge is 0.468 e. The lowest BCUT2D eigenvalue weighted by molar-refractivity contribution is -0.141. The molecule has 0 fully saturated rings. The first-order valence-corrected chi connectivity index (χ1v) is 7.80. The summed E-state index contributed by atoms with van der Waals surface area (Å²) in [7, 11) is 2.81. The monoisotopic (exact) mass is 338 g/mol. The number of esters is 1. The zero-order valence-corrected chi connectivity index (χ0v) is 14.0. The number of hydrogen-bond acceptors (Lipinski definition) is 7. The SMILES string of the molecule is COCCN(CC(=O)OC)C(=O)c1csc(-c2ccc(C)o2)n1. The summed E-state index contributed by atoms with van der Waals surface area (Å²) in [5, 5.41) is 2.26. The van der Waals surface area contributed by atoms with Crippen LogP contribution >= 0.6 is 11.3 Å². The van der Waals surface area contributed by atoms with Crippen LogP contribution in [0.2, 0.25) is 0 Å². The Morgan fingerprint density at radius 1 is 1.35 bits per heavy atom. The second-order valence-corrected chi connectivity index (χ2v) is 5.60. The fourth-order valence-corrected chi connectivity index (χ4v) is 2.62. The van der Waals surface area contributed by atoms with Crippen LogP contribution in [0.15, 0.2) is 21.9 Å². The lowest BCUT2D eigenvalue weighted by Crippen LogP contribution is -2.38. The maximum Gasteiger partial charge on any atom is 0.325 e. The Hall–Kier alpha value is -2.19. The van der Waals surface area contributed by atoms with Crippen molar-refractivity contribution in [3.05, 3.63) is 29.0 Å². The predicted molar refractivity (Wildman–Crippen MR) is 84.3 cm³/mol. The molecular formula is C15H18N2O5S. The van der Waals surface area contributed by atoms with E-state index in [-0.39, 0.29) is 24.7 Å². The van der Waals surface area contributed by atoms with Gasteiger partial charge < -0.3 is 18.8 Å². The Bertz CT molecular complexity index is 679. The van der Waals surface area contributed by atoms with Gasteiger partial charge in [0.05, 0.1) is 13.7 Å². The van der Waals surface area contributed by atoms with Crippen LogP contribution in [0, 0.1) is 6.92 Å². The van der Waals surface area contributed by atoms with Gasteiger partial charge in [-0.05, 0) is 19.1 Å². The highest BCUT2D eigenvalue weighted by atomic mass is 32.1. The number of aryl methyl sites for hydroxylation is 1. The van der Waals surface area contributed by atoms with Crippen LogP contribution in [0.1, 0.15) is 16.2 Å². The molecule has 8 heteroatoms. The van der Waals surface area contributed by atoms with Crippen LogP contribution < -0.4 is 0 Å². The van der Waals surface area contributed by atoms with E-state index in [0.29, 0.717) is 17.4 Å². The van der Waals surface area contributed by atoms with E-state index in [1.165, 1.54) is 30.5 Å². The second-order valence-electron chi connectivity index (χ2n) is 4.74. The van der Waals surface area contributed by atoms with Gasteiger partial charge in [-0.2, -0.15) is 0 Å². The van der Waals surface area contributed by atoms with Gasteiger partial charge in [0.25, 0.3) is 5.91 Å². The number of ether oxygens (including phenoxy) is 2. The summed E-state index contributed by atoms with van der Waals surface area (Å²) in [6.07, 6.45) is 0. The third-order valence-electron chi connectivity index (χ3n) is 3.07. The molecule has 2 aromatic rings. The molecule has 0 spiro atoms. The van der Waals surface area contributed by atoms with Crippen molar-refractivity contribution < 1.29 is 23.5 Å². The first-order valence-electron chi connectivity index (χ1n) is 6.92. The van der Waals surface area contributed by atoms with Gasteiger partial charge in [-0.3, -0.25) is 9.59 Å². The third kappa shape index (κ3) is 4.40. The molecule has 124 valence electrons. The Labute approximate surface area is 137 Å². The quantitative estimate of drug-likeness (QED) is 0.718. The number of aromatic nitrogens is 1. The molecule has 7 nitrogen and oxygen atoms in total. The van der Waals surface area contributed by atoms with Gasteiger partial charge in [-0.15, -0.1) is 11.3 Å². The number of carbonyl (C=O) groups is 2. The highest BCUT2D eigenvalue weighted by molar-refractivity contribution is 7.13. The van der Waals surface area contributed by atoms with Crippen molar-refractivity contribution in [1.82, 2.24) is 9.88 Å². The average Bonchev–Trinajstić information content (AvgIpc) is 3.19. The highest BCUT2D eigenvalue weighted by Crippen LogP contribution is 2.26. The molecule has 0 saturated heterocycles. The van der Waals surface area contributed by atoms with Gasteiger partial charge in [0.1, 0.15) is 18.0 Å². The fourth-order valence-electron chi connectivity index (χ4n) is 1.87. The minimum Gasteiger partial charge on any atom is -0.468 e. The molecule has 0 aliphatic rings. The van der Waals surface area contributed by atoms with E-state index in [0.717, 1.165) is 5.76 Å². The molecule has 0 aliphatic carbocycles. The number of rotatable bonds is 7. The van der Waals surface area contributed by atoms with Gasteiger partial charge in [0, 0.05) is 19.0 Å². The predicted octanol–water partition coefficient (Wildman–Crippen LogP) is 1.97. The fraction of sp³-hybridized carbons (Fsp3) is 0.400.